The van der Waals surface area contributed by atoms with Gasteiger partial charge in [-0.05, 0) is 79.1 Å². The lowest BCUT2D eigenvalue weighted by molar-refractivity contribution is -0.249. The molecule has 4 aliphatic rings. The topological polar surface area (TPSA) is 44.8 Å². The number of ketones is 1. The minimum atomic E-state index is -0.895. The van der Waals surface area contributed by atoms with Crippen LogP contribution in [-0.4, -0.2) is 24.8 Å². The Balaban J connectivity index is 1.55. The van der Waals surface area contributed by atoms with Gasteiger partial charge in [-0.1, -0.05) is 42.3 Å². The van der Waals surface area contributed by atoms with E-state index in [0.29, 0.717) is 5.02 Å². The maximum atomic E-state index is 13.9. The van der Waals surface area contributed by atoms with Gasteiger partial charge >= 0.3 is 0 Å². The number of carbonyl (C=O) groups is 1. The van der Waals surface area contributed by atoms with Gasteiger partial charge in [-0.2, -0.15) is 0 Å². The fourth-order valence-corrected chi connectivity index (χ4v) is 6.49. The Morgan fingerprint density at radius 3 is 2.66 bits per heavy atom. The first-order valence-corrected chi connectivity index (χ1v) is 11.9. The van der Waals surface area contributed by atoms with E-state index in [1.807, 2.05) is 37.3 Å². The third-order valence-electron chi connectivity index (χ3n) is 8.12. The van der Waals surface area contributed by atoms with E-state index in [-0.39, 0.29) is 5.78 Å². The Morgan fingerprint density at radius 1 is 1.09 bits per heavy atom. The predicted molar refractivity (Wildman–Crippen MR) is 123 cm³/mol. The molecule has 2 aliphatic carbocycles. The van der Waals surface area contributed by atoms with Crippen LogP contribution < -0.4 is 4.74 Å². The van der Waals surface area contributed by atoms with Crippen molar-refractivity contribution in [3.63, 3.8) is 0 Å². The van der Waals surface area contributed by atoms with E-state index in [4.69, 9.17) is 25.8 Å². The SMILES string of the molecule is COc1ccc2c(c1)CC/C(=C\c1ccc(Cl)cc1)[C@]21O[C@@]23CCCC[C@]2(C)C(=O)[C@@H]1O3. The molecule has 2 saturated heterocycles. The van der Waals surface area contributed by atoms with Crippen molar-refractivity contribution >= 4 is 23.5 Å². The third-order valence-corrected chi connectivity index (χ3v) is 8.37. The first-order valence-electron chi connectivity index (χ1n) is 11.5. The molecule has 2 spiro atoms. The molecule has 2 heterocycles. The van der Waals surface area contributed by atoms with Crippen molar-refractivity contribution in [2.45, 2.75) is 62.9 Å². The van der Waals surface area contributed by atoms with Crippen LogP contribution in [0.4, 0.5) is 0 Å². The molecule has 2 aliphatic heterocycles. The summed E-state index contributed by atoms with van der Waals surface area (Å²) in [7, 11) is 1.68. The van der Waals surface area contributed by atoms with Gasteiger partial charge in [0.25, 0.3) is 0 Å². The van der Waals surface area contributed by atoms with Crippen molar-refractivity contribution in [2.24, 2.45) is 5.41 Å². The van der Waals surface area contributed by atoms with Gasteiger partial charge in [0.15, 0.2) is 23.3 Å². The molecule has 6 rings (SSSR count). The Bertz CT molecular complexity index is 1140. The summed E-state index contributed by atoms with van der Waals surface area (Å²) >= 11 is 6.11. The summed E-state index contributed by atoms with van der Waals surface area (Å²) in [4.78, 5) is 13.9. The molecule has 166 valence electrons. The van der Waals surface area contributed by atoms with Crippen LogP contribution in [0.1, 0.15) is 55.7 Å². The highest BCUT2D eigenvalue weighted by atomic mass is 35.5. The van der Waals surface area contributed by atoms with Crippen molar-refractivity contribution in [2.75, 3.05) is 7.11 Å². The Morgan fingerprint density at radius 2 is 1.88 bits per heavy atom. The Hall–Kier alpha value is -2.14. The van der Waals surface area contributed by atoms with Gasteiger partial charge < -0.3 is 14.2 Å². The molecule has 2 aromatic carbocycles. The van der Waals surface area contributed by atoms with E-state index >= 15 is 0 Å². The molecular formula is C27H27ClO4. The second-order valence-electron chi connectivity index (χ2n) is 9.74. The third kappa shape index (κ3) is 2.55. The molecule has 32 heavy (non-hydrogen) atoms. The van der Waals surface area contributed by atoms with Crippen molar-refractivity contribution in [1.29, 1.82) is 0 Å². The fourth-order valence-electron chi connectivity index (χ4n) is 6.37. The first-order chi connectivity index (χ1) is 15.4. The van der Waals surface area contributed by atoms with E-state index in [2.05, 4.69) is 18.2 Å². The average molecular weight is 451 g/mol. The van der Waals surface area contributed by atoms with Crippen LogP contribution >= 0.6 is 11.6 Å². The summed E-state index contributed by atoms with van der Waals surface area (Å²) in [6.07, 6.45) is 6.83. The van der Waals surface area contributed by atoms with Crippen LogP contribution in [0.2, 0.25) is 5.02 Å². The summed E-state index contributed by atoms with van der Waals surface area (Å²) in [5.41, 5.74) is 2.87. The summed E-state index contributed by atoms with van der Waals surface area (Å²) < 4.78 is 19.2. The molecule has 5 heteroatoms. The van der Waals surface area contributed by atoms with Crippen molar-refractivity contribution in [3.05, 3.63) is 69.8 Å². The van der Waals surface area contributed by atoms with Crippen LogP contribution in [0.15, 0.2) is 48.0 Å². The van der Waals surface area contributed by atoms with E-state index in [9.17, 15) is 4.79 Å². The lowest BCUT2D eigenvalue weighted by Gasteiger charge is -2.50. The lowest BCUT2D eigenvalue weighted by Crippen LogP contribution is -2.59. The number of carbonyl (C=O) groups excluding carboxylic acids is 1. The smallest absolute Gasteiger partial charge is 0.183 e. The number of rotatable bonds is 2. The molecule has 0 aromatic heterocycles. The number of hydrogen-bond donors (Lipinski definition) is 0. The molecule has 0 unspecified atom stereocenters. The maximum Gasteiger partial charge on any atom is 0.183 e. The van der Waals surface area contributed by atoms with E-state index in [1.54, 1.807) is 7.11 Å². The molecule has 2 aromatic rings. The minimum absolute atomic E-state index is 0.189. The summed E-state index contributed by atoms with van der Waals surface area (Å²) in [5.74, 6) is 0.162. The average Bonchev–Trinajstić information content (AvgIpc) is 3.26. The molecule has 2 bridgehead atoms. The molecule has 4 atom stereocenters. The first kappa shape index (κ1) is 20.5. The zero-order chi connectivity index (χ0) is 22.1. The van der Waals surface area contributed by atoms with Crippen LogP contribution in [-0.2, 0) is 26.3 Å². The van der Waals surface area contributed by atoms with Crippen molar-refractivity contribution in [3.8, 4) is 5.75 Å². The van der Waals surface area contributed by atoms with E-state index < -0.39 is 22.9 Å². The number of hydrogen-bond acceptors (Lipinski definition) is 4. The molecule has 1 saturated carbocycles. The molecule has 4 nitrogen and oxygen atoms in total. The van der Waals surface area contributed by atoms with Crippen molar-refractivity contribution < 1.29 is 19.0 Å². The van der Waals surface area contributed by atoms with Gasteiger partial charge in [0, 0.05) is 11.4 Å². The zero-order valence-electron chi connectivity index (χ0n) is 18.4. The lowest BCUT2D eigenvalue weighted by atomic mass is 9.61. The summed E-state index contributed by atoms with van der Waals surface area (Å²) in [6.45, 7) is 2.04. The van der Waals surface area contributed by atoms with Crippen molar-refractivity contribution in [1.82, 2.24) is 0 Å². The highest BCUT2D eigenvalue weighted by molar-refractivity contribution is 6.30. The van der Waals surface area contributed by atoms with Gasteiger partial charge in [0.2, 0.25) is 0 Å². The zero-order valence-corrected chi connectivity index (χ0v) is 19.2. The second kappa shape index (κ2) is 6.93. The number of aryl methyl sites for hydroxylation is 1. The fraction of sp³-hybridized carbons (Fsp3) is 0.444. The molecular weight excluding hydrogens is 424 g/mol. The van der Waals surface area contributed by atoms with E-state index in [1.165, 1.54) is 0 Å². The largest absolute Gasteiger partial charge is 0.497 e. The monoisotopic (exact) mass is 450 g/mol. The van der Waals surface area contributed by atoms with Crippen LogP contribution in [0.25, 0.3) is 6.08 Å². The standard InChI is InChI=1S/C27H27ClO4/c1-25-13-3-4-14-26(25)31-24(23(25)29)27(32-26)19(15-17-5-9-20(28)10-6-17)8-7-18-16-21(30-2)11-12-22(18)27/h5-6,9-12,15-16,24H,3-4,7-8,13-14H2,1-2H3/b19-15+/t24-,25+,26-,27-/m0/s1. The Kier molecular flexibility index (Phi) is 4.43. The van der Waals surface area contributed by atoms with E-state index in [0.717, 1.165) is 66.5 Å². The summed E-state index contributed by atoms with van der Waals surface area (Å²) in [6, 6.07) is 13.9. The predicted octanol–water partition coefficient (Wildman–Crippen LogP) is 5.85. The number of benzene rings is 2. The molecule has 0 amide bonds. The van der Waals surface area contributed by atoms with Gasteiger partial charge in [-0.25, -0.2) is 0 Å². The number of Topliss-reactive ketones (excluding diaryl/α,β-unsaturated/α-hetero) is 1. The van der Waals surface area contributed by atoms with Crippen LogP contribution in [0, 0.1) is 5.41 Å². The number of fused-ring (bicyclic) bond motifs is 4. The van der Waals surface area contributed by atoms with Crippen LogP contribution in [0.5, 0.6) is 5.75 Å². The van der Waals surface area contributed by atoms with Gasteiger partial charge in [0.1, 0.15) is 5.75 Å². The second-order valence-corrected chi connectivity index (χ2v) is 10.2. The number of halogens is 1. The number of methoxy groups -OCH3 is 1. The molecule has 3 fully saturated rings. The summed E-state index contributed by atoms with van der Waals surface area (Å²) in [5, 5.41) is 0.703. The highest BCUT2D eigenvalue weighted by Crippen LogP contribution is 2.67. The van der Waals surface area contributed by atoms with Gasteiger partial charge in [-0.15, -0.1) is 0 Å². The molecule has 0 N–H and O–H groups in total. The minimum Gasteiger partial charge on any atom is -0.497 e. The quantitative estimate of drug-likeness (QED) is 0.575. The van der Waals surface area contributed by atoms with Crippen LogP contribution in [0.3, 0.4) is 0 Å². The van der Waals surface area contributed by atoms with Gasteiger partial charge in [-0.3, -0.25) is 4.79 Å². The highest BCUT2D eigenvalue weighted by Gasteiger charge is 2.77. The Labute approximate surface area is 193 Å². The number of ether oxygens (including phenoxy) is 3. The van der Waals surface area contributed by atoms with Gasteiger partial charge in [0.05, 0.1) is 12.5 Å². The maximum absolute atomic E-state index is 13.9. The molecule has 0 radical (unpaired) electrons. The normalized spacial score (nSPS) is 36.4.